The van der Waals surface area contributed by atoms with E-state index >= 15 is 0 Å². The molecule has 0 spiro atoms. The molecule has 0 aliphatic carbocycles. The van der Waals surface area contributed by atoms with Crippen LogP contribution in [0.4, 0.5) is 19.0 Å². The Morgan fingerprint density at radius 3 is 2.85 bits per heavy atom. The second-order valence-corrected chi connectivity index (χ2v) is 4.72. The third-order valence-corrected chi connectivity index (χ3v) is 2.85. The van der Waals surface area contributed by atoms with E-state index in [0.29, 0.717) is 17.5 Å². The highest BCUT2D eigenvalue weighted by Crippen LogP contribution is 2.16. The van der Waals surface area contributed by atoms with Crippen molar-refractivity contribution in [3.63, 3.8) is 0 Å². The average Bonchev–Trinajstić information content (AvgIpc) is 2.36. The minimum Gasteiger partial charge on any atom is -0.370 e. The van der Waals surface area contributed by atoms with Gasteiger partial charge in [-0.15, -0.1) is 0 Å². The third kappa shape index (κ3) is 7.14. The molecule has 0 aliphatic heterocycles. The van der Waals surface area contributed by atoms with Crippen molar-refractivity contribution in [1.82, 2.24) is 9.97 Å². The number of nitrogens with two attached hydrogens (primary N) is 2. The predicted octanol–water partition coefficient (Wildman–Crippen LogP) is 1.21. The van der Waals surface area contributed by atoms with Crippen LogP contribution in [0.2, 0.25) is 0 Å². The van der Waals surface area contributed by atoms with Crippen molar-refractivity contribution in [2.75, 3.05) is 24.2 Å². The van der Waals surface area contributed by atoms with E-state index in [0.717, 1.165) is 12.2 Å². The molecule has 112 valence electrons. The van der Waals surface area contributed by atoms with Crippen LogP contribution < -0.4 is 16.8 Å². The Hall–Kier alpha value is -1.55. The lowest BCUT2D eigenvalue weighted by Crippen LogP contribution is -2.26. The Morgan fingerprint density at radius 2 is 2.20 bits per heavy atom. The lowest BCUT2D eigenvalue weighted by Gasteiger charge is -2.07. The van der Waals surface area contributed by atoms with E-state index in [1.807, 2.05) is 0 Å². The molecule has 1 heterocycles. The van der Waals surface area contributed by atoms with Crippen LogP contribution in [0, 0.1) is 0 Å². The number of alkyl halides is 3. The van der Waals surface area contributed by atoms with E-state index < -0.39 is 12.7 Å². The van der Waals surface area contributed by atoms with Gasteiger partial charge in [0.15, 0.2) is 11.1 Å². The summed E-state index contributed by atoms with van der Waals surface area (Å²) >= 11 is 1.40. The highest BCUT2D eigenvalue weighted by Gasteiger charge is 2.26. The lowest BCUT2D eigenvalue weighted by molar-refractivity contribution is -0.118. The number of anilines is 1. The minimum absolute atomic E-state index is 0.290. The van der Waals surface area contributed by atoms with Crippen LogP contribution in [-0.4, -0.2) is 40.9 Å². The molecule has 0 atom stereocenters. The van der Waals surface area contributed by atoms with Crippen molar-refractivity contribution in [3.05, 3.63) is 12.3 Å². The maximum Gasteiger partial charge on any atom is 0.408 e. The fourth-order valence-electron chi connectivity index (χ4n) is 1.07. The Morgan fingerprint density at radius 1 is 1.45 bits per heavy atom. The molecule has 0 aromatic carbocycles. The van der Waals surface area contributed by atoms with E-state index in [2.05, 4.69) is 20.3 Å². The second-order valence-electron chi connectivity index (χ2n) is 3.66. The first-order valence-electron chi connectivity index (χ1n) is 5.70. The molecule has 0 radical (unpaired) electrons. The largest absolute Gasteiger partial charge is 0.408 e. The van der Waals surface area contributed by atoms with Crippen molar-refractivity contribution in [1.29, 1.82) is 0 Å². The SMILES string of the molecule is NCCCSc1nccc(NC(N)=NCC(F)(F)F)n1. The average molecular weight is 308 g/mol. The summed E-state index contributed by atoms with van der Waals surface area (Å²) in [4.78, 5) is 11.3. The topological polar surface area (TPSA) is 102 Å². The molecule has 5 N–H and O–H groups in total. The van der Waals surface area contributed by atoms with Crippen LogP contribution in [0.15, 0.2) is 22.4 Å². The zero-order chi connectivity index (χ0) is 15.0. The predicted molar refractivity (Wildman–Crippen MR) is 72.6 cm³/mol. The zero-order valence-electron chi connectivity index (χ0n) is 10.5. The highest BCUT2D eigenvalue weighted by atomic mass is 32.2. The molecule has 20 heavy (non-hydrogen) atoms. The molecular weight excluding hydrogens is 293 g/mol. The molecule has 1 aromatic heterocycles. The maximum atomic E-state index is 12.0. The van der Waals surface area contributed by atoms with Crippen molar-refractivity contribution >= 4 is 23.5 Å². The van der Waals surface area contributed by atoms with Gasteiger partial charge in [-0.3, -0.25) is 0 Å². The number of rotatable bonds is 6. The molecule has 0 amide bonds. The summed E-state index contributed by atoms with van der Waals surface area (Å²) in [5, 5.41) is 2.98. The Kier molecular flexibility index (Phi) is 6.52. The van der Waals surface area contributed by atoms with Crippen molar-refractivity contribution in [2.24, 2.45) is 16.5 Å². The van der Waals surface area contributed by atoms with Gasteiger partial charge in [-0.25, -0.2) is 15.0 Å². The molecule has 0 saturated heterocycles. The van der Waals surface area contributed by atoms with E-state index in [1.165, 1.54) is 24.0 Å². The summed E-state index contributed by atoms with van der Waals surface area (Å²) in [5.41, 5.74) is 10.7. The Balaban J connectivity index is 2.57. The number of aliphatic imine (C=N–C) groups is 1. The molecule has 6 nitrogen and oxygen atoms in total. The molecule has 0 unspecified atom stereocenters. The normalized spacial score (nSPS) is 12.5. The van der Waals surface area contributed by atoms with Crippen LogP contribution in [0.5, 0.6) is 0 Å². The van der Waals surface area contributed by atoms with E-state index in [4.69, 9.17) is 11.5 Å². The second kappa shape index (κ2) is 7.90. The quantitative estimate of drug-likeness (QED) is 0.240. The van der Waals surface area contributed by atoms with Crippen LogP contribution >= 0.6 is 11.8 Å². The van der Waals surface area contributed by atoms with E-state index in [-0.39, 0.29) is 5.96 Å². The fourth-order valence-corrected chi connectivity index (χ4v) is 1.86. The maximum absolute atomic E-state index is 12.0. The van der Waals surface area contributed by atoms with Crippen LogP contribution in [0.1, 0.15) is 6.42 Å². The van der Waals surface area contributed by atoms with Gasteiger partial charge in [0.05, 0.1) is 0 Å². The lowest BCUT2D eigenvalue weighted by atomic mass is 10.5. The first-order valence-corrected chi connectivity index (χ1v) is 6.69. The van der Waals surface area contributed by atoms with E-state index in [9.17, 15) is 13.2 Å². The van der Waals surface area contributed by atoms with Crippen molar-refractivity contribution in [3.8, 4) is 0 Å². The smallest absolute Gasteiger partial charge is 0.370 e. The summed E-state index contributed by atoms with van der Waals surface area (Å²) in [6.45, 7) is -0.767. The molecule has 0 saturated carbocycles. The summed E-state index contributed by atoms with van der Waals surface area (Å²) in [7, 11) is 0. The number of thioether (sulfide) groups is 1. The molecular formula is C10H15F3N6S. The number of halogens is 3. The monoisotopic (exact) mass is 308 g/mol. The van der Waals surface area contributed by atoms with Gasteiger partial charge in [-0.05, 0) is 19.0 Å². The number of aromatic nitrogens is 2. The fraction of sp³-hybridized carbons (Fsp3) is 0.500. The van der Waals surface area contributed by atoms with Gasteiger partial charge in [-0.1, -0.05) is 11.8 Å². The van der Waals surface area contributed by atoms with Crippen molar-refractivity contribution < 1.29 is 13.2 Å². The van der Waals surface area contributed by atoms with Gasteiger partial charge < -0.3 is 16.8 Å². The first kappa shape index (κ1) is 16.5. The molecule has 1 aromatic rings. The highest BCUT2D eigenvalue weighted by molar-refractivity contribution is 7.99. The van der Waals surface area contributed by atoms with Gasteiger partial charge in [0, 0.05) is 11.9 Å². The van der Waals surface area contributed by atoms with Gasteiger partial charge in [-0.2, -0.15) is 13.2 Å². The summed E-state index contributed by atoms with van der Waals surface area (Å²) in [5.74, 6) is 0.704. The number of hydrogen-bond acceptors (Lipinski definition) is 5. The minimum atomic E-state index is -4.39. The van der Waals surface area contributed by atoms with Gasteiger partial charge >= 0.3 is 6.18 Å². The summed E-state index contributed by atoms with van der Waals surface area (Å²) in [6, 6.07) is 1.49. The molecule has 0 bridgehead atoms. The molecule has 10 heteroatoms. The van der Waals surface area contributed by atoms with Gasteiger partial charge in [0.2, 0.25) is 0 Å². The van der Waals surface area contributed by atoms with E-state index in [1.54, 1.807) is 0 Å². The van der Waals surface area contributed by atoms with Gasteiger partial charge in [0.25, 0.3) is 0 Å². The first-order chi connectivity index (χ1) is 9.40. The molecule has 0 aliphatic rings. The number of hydrogen-bond donors (Lipinski definition) is 3. The van der Waals surface area contributed by atoms with Crippen LogP contribution in [0.3, 0.4) is 0 Å². The zero-order valence-corrected chi connectivity index (χ0v) is 11.3. The van der Waals surface area contributed by atoms with Crippen LogP contribution in [-0.2, 0) is 0 Å². The number of nitrogens with zero attached hydrogens (tertiary/aromatic N) is 3. The van der Waals surface area contributed by atoms with Gasteiger partial charge in [0.1, 0.15) is 12.4 Å². The van der Waals surface area contributed by atoms with Crippen molar-refractivity contribution in [2.45, 2.75) is 17.8 Å². The Labute approximate surface area is 118 Å². The molecule has 1 rings (SSSR count). The summed E-state index contributed by atoms with van der Waals surface area (Å²) in [6.07, 6.45) is -2.08. The summed E-state index contributed by atoms with van der Waals surface area (Å²) < 4.78 is 35.9. The third-order valence-electron chi connectivity index (χ3n) is 1.90. The van der Waals surface area contributed by atoms with Crippen LogP contribution in [0.25, 0.3) is 0 Å². The molecule has 0 fully saturated rings. The number of nitrogens with one attached hydrogen (secondary N) is 1. The Bertz CT molecular complexity index is 451. The standard InChI is InChI=1S/C10H15F3N6S/c11-10(12,13)6-17-8(15)18-7-2-4-16-9(19-7)20-5-1-3-14/h2,4H,1,3,5-6,14H2,(H3,15,16,17,18,19). The number of guanidine groups is 1.